The Labute approximate surface area is 87.1 Å². The number of carbonyl (C=O) groups is 1. The molecule has 0 aromatic rings. The van der Waals surface area contributed by atoms with Crippen molar-refractivity contribution in [2.75, 3.05) is 20.1 Å². The topological polar surface area (TPSA) is 40.5 Å². The van der Waals surface area contributed by atoms with E-state index in [9.17, 15) is 9.90 Å². The van der Waals surface area contributed by atoms with Gasteiger partial charge in [-0.15, -0.1) is 0 Å². The van der Waals surface area contributed by atoms with Gasteiger partial charge in [0.25, 0.3) is 0 Å². The molecule has 84 valence electrons. The highest BCUT2D eigenvalue weighted by Crippen LogP contribution is 2.05. The number of Topliss-reactive ketones (excluding diaryl/α,β-unsaturated/α-hetero) is 1. The first kappa shape index (κ1) is 13.6. The van der Waals surface area contributed by atoms with Crippen LogP contribution in [0.2, 0.25) is 0 Å². The number of nitrogens with zero attached hydrogens (tertiary/aromatic N) is 1. The van der Waals surface area contributed by atoms with Crippen LogP contribution >= 0.6 is 0 Å². The van der Waals surface area contributed by atoms with Gasteiger partial charge >= 0.3 is 0 Å². The monoisotopic (exact) mass is 201 g/mol. The fourth-order valence-electron chi connectivity index (χ4n) is 1.46. The second-order valence-electron chi connectivity index (χ2n) is 4.37. The highest BCUT2D eigenvalue weighted by Gasteiger charge is 2.11. The van der Waals surface area contributed by atoms with Gasteiger partial charge in [-0.1, -0.05) is 20.8 Å². The molecule has 0 aliphatic heterocycles. The number of likely N-dealkylation sites (N-methyl/N-ethyl adjacent to an activating group) is 1. The number of hydrogen-bond acceptors (Lipinski definition) is 3. The first-order valence-electron chi connectivity index (χ1n) is 5.34. The largest absolute Gasteiger partial charge is 0.392 e. The lowest BCUT2D eigenvalue weighted by molar-refractivity contribution is -0.119. The predicted molar refractivity (Wildman–Crippen MR) is 58.3 cm³/mol. The van der Waals surface area contributed by atoms with Crippen molar-refractivity contribution in [1.29, 1.82) is 0 Å². The molecule has 0 aliphatic carbocycles. The molecule has 1 unspecified atom stereocenters. The third kappa shape index (κ3) is 7.04. The van der Waals surface area contributed by atoms with E-state index in [4.69, 9.17) is 0 Å². The average molecular weight is 201 g/mol. The summed E-state index contributed by atoms with van der Waals surface area (Å²) in [6.45, 7) is 7.07. The molecule has 0 radical (unpaired) electrons. The minimum absolute atomic E-state index is 0.226. The summed E-state index contributed by atoms with van der Waals surface area (Å²) in [6.07, 6.45) is 1.06. The van der Waals surface area contributed by atoms with Crippen LogP contribution in [0.4, 0.5) is 0 Å². The standard InChI is InChI=1S/C11H23NO2/c1-5-10(13)7-12(4)8-11(14)6-9(2)3/h9,11,14H,5-8H2,1-4H3. The summed E-state index contributed by atoms with van der Waals surface area (Å²) in [5.41, 5.74) is 0. The molecule has 0 heterocycles. The van der Waals surface area contributed by atoms with Crippen molar-refractivity contribution < 1.29 is 9.90 Å². The second kappa shape index (κ2) is 6.96. The van der Waals surface area contributed by atoms with Gasteiger partial charge in [0, 0.05) is 13.0 Å². The van der Waals surface area contributed by atoms with Gasteiger partial charge in [0.15, 0.2) is 0 Å². The van der Waals surface area contributed by atoms with E-state index in [0.29, 0.717) is 25.4 Å². The Bertz CT molecular complexity index is 169. The van der Waals surface area contributed by atoms with Crippen molar-refractivity contribution in [2.45, 2.75) is 39.7 Å². The Morgan fingerprint density at radius 2 is 2.00 bits per heavy atom. The molecule has 1 atom stereocenters. The van der Waals surface area contributed by atoms with Crippen molar-refractivity contribution in [1.82, 2.24) is 4.90 Å². The second-order valence-corrected chi connectivity index (χ2v) is 4.37. The van der Waals surface area contributed by atoms with Crippen molar-refractivity contribution in [2.24, 2.45) is 5.92 Å². The van der Waals surface area contributed by atoms with Gasteiger partial charge in [0.1, 0.15) is 5.78 Å². The molecule has 0 aromatic carbocycles. The van der Waals surface area contributed by atoms with Crippen molar-refractivity contribution in [3.05, 3.63) is 0 Å². The first-order valence-corrected chi connectivity index (χ1v) is 5.34. The van der Waals surface area contributed by atoms with E-state index < -0.39 is 0 Å². The fourth-order valence-corrected chi connectivity index (χ4v) is 1.46. The Balaban J connectivity index is 3.70. The number of hydrogen-bond donors (Lipinski definition) is 1. The molecular weight excluding hydrogens is 178 g/mol. The van der Waals surface area contributed by atoms with E-state index in [2.05, 4.69) is 13.8 Å². The van der Waals surface area contributed by atoms with Gasteiger partial charge in [-0.25, -0.2) is 0 Å². The zero-order chi connectivity index (χ0) is 11.1. The third-order valence-corrected chi connectivity index (χ3v) is 2.11. The molecule has 0 amide bonds. The van der Waals surface area contributed by atoms with Gasteiger partial charge in [-0.3, -0.25) is 9.69 Å². The first-order chi connectivity index (χ1) is 6.45. The molecular formula is C11H23NO2. The van der Waals surface area contributed by atoms with Crippen molar-refractivity contribution >= 4 is 5.78 Å². The van der Waals surface area contributed by atoms with Gasteiger partial charge in [-0.2, -0.15) is 0 Å². The molecule has 0 saturated carbocycles. The maximum absolute atomic E-state index is 11.1. The van der Waals surface area contributed by atoms with E-state index in [-0.39, 0.29) is 11.9 Å². The SMILES string of the molecule is CCC(=O)CN(C)CC(O)CC(C)C. The maximum atomic E-state index is 11.1. The molecule has 0 spiro atoms. The summed E-state index contributed by atoms with van der Waals surface area (Å²) in [5.74, 6) is 0.726. The summed E-state index contributed by atoms with van der Waals surface area (Å²) >= 11 is 0. The quantitative estimate of drug-likeness (QED) is 0.675. The highest BCUT2D eigenvalue weighted by atomic mass is 16.3. The summed E-state index contributed by atoms with van der Waals surface area (Å²) in [7, 11) is 1.87. The third-order valence-electron chi connectivity index (χ3n) is 2.11. The predicted octanol–water partition coefficient (Wildman–Crippen LogP) is 1.30. The number of ketones is 1. The van der Waals surface area contributed by atoms with Gasteiger partial charge in [-0.05, 0) is 19.4 Å². The molecule has 1 N–H and O–H groups in total. The lowest BCUT2D eigenvalue weighted by Crippen LogP contribution is -2.33. The molecule has 0 bridgehead atoms. The Morgan fingerprint density at radius 3 is 2.43 bits per heavy atom. The number of rotatable bonds is 7. The molecule has 0 aromatic heterocycles. The Morgan fingerprint density at radius 1 is 1.43 bits per heavy atom. The van der Waals surface area contributed by atoms with Crippen LogP contribution in [-0.4, -0.2) is 42.0 Å². The number of aliphatic hydroxyl groups excluding tert-OH is 1. The highest BCUT2D eigenvalue weighted by molar-refractivity contribution is 5.80. The minimum atomic E-state index is -0.315. The van der Waals surface area contributed by atoms with E-state index in [1.807, 2.05) is 18.9 Å². The van der Waals surface area contributed by atoms with Crippen LogP contribution in [0.3, 0.4) is 0 Å². The van der Waals surface area contributed by atoms with E-state index >= 15 is 0 Å². The van der Waals surface area contributed by atoms with Crippen LogP contribution in [-0.2, 0) is 4.79 Å². The van der Waals surface area contributed by atoms with Crippen molar-refractivity contribution in [3.63, 3.8) is 0 Å². The lowest BCUT2D eigenvalue weighted by Gasteiger charge is -2.20. The molecule has 0 aliphatic rings. The molecule has 3 heteroatoms. The summed E-state index contributed by atoms with van der Waals surface area (Å²) < 4.78 is 0. The lowest BCUT2D eigenvalue weighted by atomic mass is 10.1. The van der Waals surface area contributed by atoms with Crippen molar-refractivity contribution in [3.8, 4) is 0 Å². The molecule has 14 heavy (non-hydrogen) atoms. The zero-order valence-electron chi connectivity index (χ0n) is 9.79. The van der Waals surface area contributed by atoms with E-state index in [1.54, 1.807) is 0 Å². The molecule has 0 fully saturated rings. The van der Waals surface area contributed by atoms with Crippen LogP contribution in [0.25, 0.3) is 0 Å². The summed E-state index contributed by atoms with van der Waals surface area (Å²) in [6, 6.07) is 0. The maximum Gasteiger partial charge on any atom is 0.146 e. The van der Waals surface area contributed by atoms with Gasteiger partial charge in [0.2, 0.25) is 0 Å². The molecule has 0 rings (SSSR count). The van der Waals surface area contributed by atoms with Gasteiger partial charge < -0.3 is 5.11 Å². The summed E-state index contributed by atoms with van der Waals surface area (Å²) in [5, 5.41) is 9.62. The average Bonchev–Trinajstić information content (AvgIpc) is 2.01. The number of aliphatic hydroxyl groups is 1. The smallest absolute Gasteiger partial charge is 0.146 e. The van der Waals surface area contributed by atoms with Crippen LogP contribution in [0.1, 0.15) is 33.6 Å². The van der Waals surface area contributed by atoms with Crippen LogP contribution in [0.15, 0.2) is 0 Å². The Kier molecular flexibility index (Phi) is 6.75. The minimum Gasteiger partial charge on any atom is -0.392 e. The number of carbonyl (C=O) groups excluding carboxylic acids is 1. The zero-order valence-corrected chi connectivity index (χ0v) is 9.79. The Hall–Kier alpha value is -0.410. The normalized spacial score (nSPS) is 13.6. The summed E-state index contributed by atoms with van der Waals surface area (Å²) in [4.78, 5) is 13.0. The van der Waals surface area contributed by atoms with Gasteiger partial charge in [0.05, 0.1) is 12.6 Å². The van der Waals surface area contributed by atoms with Crippen LogP contribution in [0.5, 0.6) is 0 Å². The molecule has 3 nitrogen and oxygen atoms in total. The van der Waals surface area contributed by atoms with E-state index in [0.717, 1.165) is 6.42 Å². The van der Waals surface area contributed by atoms with Crippen LogP contribution < -0.4 is 0 Å². The van der Waals surface area contributed by atoms with Crippen LogP contribution in [0, 0.1) is 5.92 Å². The van der Waals surface area contributed by atoms with E-state index in [1.165, 1.54) is 0 Å². The fraction of sp³-hybridized carbons (Fsp3) is 0.909. The molecule has 0 saturated heterocycles.